The van der Waals surface area contributed by atoms with Gasteiger partial charge in [0.25, 0.3) is 0 Å². The second-order valence-corrected chi connectivity index (χ2v) is 19.9. The Balaban J connectivity index is 4.25. The molecule has 0 saturated heterocycles. The van der Waals surface area contributed by atoms with Crippen molar-refractivity contribution in [2.45, 2.75) is 284 Å². The van der Waals surface area contributed by atoms with Gasteiger partial charge in [0.05, 0.1) is 0 Å². The number of ether oxygens (including phenoxy) is 3. The highest BCUT2D eigenvalue weighted by Crippen LogP contribution is 2.16. The lowest BCUT2D eigenvalue weighted by molar-refractivity contribution is -0.167. The second kappa shape index (κ2) is 60.6. The summed E-state index contributed by atoms with van der Waals surface area (Å²) in [6.45, 7) is 6.38. The Morgan fingerprint density at radius 3 is 0.849 bits per heavy atom. The molecule has 0 aliphatic carbocycles. The molecule has 0 rings (SSSR count). The van der Waals surface area contributed by atoms with Crippen LogP contribution in [0.3, 0.4) is 0 Å². The number of hydrogen-bond acceptors (Lipinski definition) is 6. The molecule has 0 aliphatic rings. The minimum absolute atomic E-state index is 0.0902. The smallest absolute Gasteiger partial charge is 0.306 e. The van der Waals surface area contributed by atoms with E-state index in [1.807, 2.05) is 0 Å². The molecule has 0 fully saturated rings. The lowest BCUT2D eigenvalue weighted by Gasteiger charge is -2.18. The number of allylic oxidation sites excluding steroid dienone is 18. The van der Waals surface area contributed by atoms with Crippen LogP contribution in [0.1, 0.15) is 278 Å². The molecule has 0 N–H and O–H groups in total. The molecule has 0 bridgehead atoms. The normalized spacial score (nSPS) is 12.9. The van der Waals surface area contributed by atoms with Crippen LogP contribution in [0.4, 0.5) is 0 Å². The molecule has 0 aromatic carbocycles. The first-order chi connectivity index (χ1) is 36.0. The molecule has 416 valence electrons. The zero-order valence-corrected chi connectivity index (χ0v) is 47.6. The molecule has 6 heteroatoms. The molecule has 1 atom stereocenters. The van der Waals surface area contributed by atoms with Crippen molar-refractivity contribution in [3.8, 4) is 0 Å². The topological polar surface area (TPSA) is 78.9 Å². The van der Waals surface area contributed by atoms with Crippen LogP contribution in [-0.2, 0) is 28.6 Å². The van der Waals surface area contributed by atoms with Crippen LogP contribution in [0.5, 0.6) is 0 Å². The van der Waals surface area contributed by atoms with E-state index in [2.05, 4.69) is 130 Å². The molecule has 0 radical (unpaired) electrons. The minimum atomic E-state index is -0.795. The lowest BCUT2D eigenvalue weighted by atomic mass is 10.0. The van der Waals surface area contributed by atoms with Gasteiger partial charge in [0.2, 0.25) is 0 Å². The van der Waals surface area contributed by atoms with Crippen molar-refractivity contribution >= 4 is 17.9 Å². The molecule has 6 nitrogen and oxygen atoms in total. The molecule has 1 unspecified atom stereocenters. The van der Waals surface area contributed by atoms with Crippen LogP contribution in [0.2, 0.25) is 0 Å². The van der Waals surface area contributed by atoms with E-state index in [0.717, 1.165) is 122 Å². The van der Waals surface area contributed by atoms with Gasteiger partial charge in [-0.3, -0.25) is 14.4 Å². The van der Waals surface area contributed by atoms with Crippen molar-refractivity contribution in [1.29, 1.82) is 0 Å². The Labute approximate surface area is 450 Å². The molecule has 0 spiro atoms. The van der Waals surface area contributed by atoms with E-state index in [-0.39, 0.29) is 37.5 Å². The van der Waals surface area contributed by atoms with Gasteiger partial charge in [-0.15, -0.1) is 0 Å². The van der Waals surface area contributed by atoms with E-state index in [4.69, 9.17) is 14.2 Å². The Bertz CT molecular complexity index is 1490. The third kappa shape index (κ3) is 58.8. The fraction of sp³-hybridized carbons (Fsp3) is 0.687. The lowest BCUT2D eigenvalue weighted by Crippen LogP contribution is -2.30. The highest BCUT2D eigenvalue weighted by Gasteiger charge is 2.19. The Kier molecular flexibility index (Phi) is 57.4. The average molecular weight is 1010 g/mol. The summed E-state index contributed by atoms with van der Waals surface area (Å²) in [5.41, 5.74) is 0. The molecule has 0 saturated carbocycles. The number of carbonyl (C=O) groups excluding carboxylic acids is 3. The first-order valence-electron chi connectivity index (χ1n) is 30.4. The maximum atomic E-state index is 12.8. The third-order valence-electron chi connectivity index (χ3n) is 12.8. The summed E-state index contributed by atoms with van der Waals surface area (Å²) in [7, 11) is 0. The highest BCUT2D eigenvalue weighted by molar-refractivity contribution is 5.71. The first-order valence-corrected chi connectivity index (χ1v) is 30.4. The molecule has 0 amide bonds. The van der Waals surface area contributed by atoms with Crippen molar-refractivity contribution in [3.63, 3.8) is 0 Å². The van der Waals surface area contributed by atoms with E-state index < -0.39 is 6.10 Å². The fourth-order valence-corrected chi connectivity index (χ4v) is 8.28. The van der Waals surface area contributed by atoms with Crippen LogP contribution in [0.25, 0.3) is 0 Å². The molecule has 0 aliphatic heterocycles. The second-order valence-electron chi connectivity index (χ2n) is 19.9. The summed E-state index contributed by atoms with van der Waals surface area (Å²) in [4.78, 5) is 38.1. The van der Waals surface area contributed by atoms with Crippen molar-refractivity contribution in [3.05, 3.63) is 109 Å². The molecule has 0 aromatic rings. The maximum absolute atomic E-state index is 12.8. The van der Waals surface area contributed by atoms with Crippen molar-refractivity contribution in [1.82, 2.24) is 0 Å². The number of unbranched alkanes of at least 4 members (excludes halogenated alkanes) is 25. The summed E-state index contributed by atoms with van der Waals surface area (Å²) in [6.07, 6.45) is 82.4. The third-order valence-corrected chi connectivity index (χ3v) is 12.8. The predicted molar refractivity (Wildman–Crippen MR) is 316 cm³/mol. The van der Waals surface area contributed by atoms with E-state index in [0.29, 0.717) is 12.8 Å². The van der Waals surface area contributed by atoms with Gasteiger partial charge in [-0.05, 0) is 103 Å². The molecule has 0 heterocycles. The van der Waals surface area contributed by atoms with Gasteiger partial charge in [0.1, 0.15) is 13.2 Å². The van der Waals surface area contributed by atoms with E-state index in [9.17, 15) is 14.4 Å². The summed E-state index contributed by atoms with van der Waals surface area (Å²) < 4.78 is 16.8. The van der Waals surface area contributed by atoms with Gasteiger partial charge in [-0.2, -0.15) is 0 Å². The van der Waals surface area contributed by atoms with E-state index in [1.165, 1.54) is 116 Å². The SMILES string of the molecule is CC/C=C\C/C=C\C/C=C\C/C=C\C/C=C\CCCCCC(=O)OC(COC(=O)CCCCCCCCCCC)COC(=O)CCCCCCCCCCCCCCCC/C=C\C/C=C\C/C=C\C/C=C\CC. The number of carbonyl (C=O) groups is 3. The molecule has 0 aromatic heterocycles. The summed E-state index contributed by atoms with van der Waals surface area (Å²) in [5, 5.41) is 0. The van der Waals surface area contributed by atoms with Gasteiger partial charge in [-0.1, -0.05) is 265 Å². The standard InChI is InChI=1S/C67H112O6/c1-4-7-10-13-16-19-21-23-25-27-29-30-31-32-33-34-35-36-38-39-41-43-45-48-51-54-57-60-66(69)72-63-64(62-71-65(68)59-56-53-50-47-18-15-12-9-6-3)73-67(70)61-58-55-52-49-46-44-42-40-37-28-26-24-22-20-17-14-11-8-5-2/h7-8,10-11,16-17,19-20,23-26,29-30,37,40,44,46,64H,4-6,9,12-15,18,21-22,27-28,31-36,38-39,41-43,45,47-63H2,1-3H3/b10-7-,11-8-,19-16-,20-17-,25-23-,26-24-,30-29-,40-37-,46-44-. The first kappa shape index (κ1) is 69.1. The quantitative estimate of drug-likeness (QED) is 0.0261. The monoisotopic (exact) mass is 1010 g/mol. The van der Waals surface area contributed by atoms with Gasteiger partial charge in [0, 0.05) is 19.3 Å². The Morgan fingerprint density at radius 1 is 0.288 bits per heavy atom. The van der Waals surface area contributed by atoms with E-state index in [1.54, 1.807) is 0 Å². The molecular weight excluding hydrogens is 901 g/mol. The number of rotatable bonds is 54. The van der Waals surface area contributed by atoms with Gasteiger partial charge in [0.15, 0.2) is 6.10 Å². The Hall–Kier alpha value is -3.93. The summed E-state index contributed by atoms with van der Waals surface area (Å²) in [6, 6.07) is 0. The van der Waals surface area contributed by atoms with Crippen molar-refractivity contribution in [2.75, 3.05) is 13.2 Å². The van der Waals surface area contributed by atoms with Crippen LogP contribution >= 0.6 is 0 Å². The van der Waals surface area contributed by atoms with Crippen LogP contribution in [0, 0.1) is 0 Å². The Morgan fingerprint density at radius 2 is 0.534 bits per heavy atom. The fourth-order valence-electron chi connectivity index (χ4n) is 8.28. The molecular formula is C67H112O6. The number of hydrogen-bond donors (Lipinski definition) is 0. The van der Waals surface area contributed by atoms with Gasteiger partial charge < -0.3 is 14.2 Å². The van der Waals surface area contributed by atoms with E-state index >= 15 is 0 Å². The van der Waals surface area contributed by atoms with Crippen LogP contribution < -0.4 is 0 Å². The minimum Gasteiger partial charge on any atom is -0.462 e. The summed E-state index contributed by atoms with van der Waals surface area (Å²) in [5.74, 6) is -0.922. The maximum Gasteiger partial charge on any atom is 0.306 e. The molecule has 73 heavy (non-hydrogen) atoms. The van der Waals surface area contributed by atoms with Crippen LogP contribution in [-0.4, -0.2) is 37.2 Å². The van der Waals surface area contributed by atoms with Crippen molar-refractivity contribution < 1.29 is 28.6 Å². The zero-order chi connectivity index (χ0) is 52.9. The predicted octanol–water partition coefficient (Wildman–Crippen LogP) is 20.7. The summed E-state index contributed by atoms with van der Waals surface area (Å²) >= 11 is 0. The number of esters is 3. The average Bonchev–Trinajstić information content (AvgIpc) is 3.39. The largest absolute Gasteiger partial charge is 0.462 e. The van der Waals surface area contributed by atoms with Gasteiger partial charge in [-0.25, -0.2) is 0 Å². The highest BCUT2D eigenvalue weighted by atomic mass is 16.6. The van der Waals surface area contributed by atoms with Gasteiger partial charge >= 0.3 is 17.9 Å². The van der Waals surface area contributed by atoms with Crippen LogP contribution in [0.15, 0.2) is 109 Å². The van der Waals surface area contributed by atoms with Crippen molar-refractivity contribution in [2.24, 2.45) is 0 Å². The zero-order valence-electron chi connectivity index (χ0n) is 47.6.